The van der Waals surface area contributed by atoms with Crippen molar-refractivity contribution in [1.29, 1.82) is 0 Å². The van der Waals surface area contributed by atoms with Gasteiger partial charge in [0, 0.05) is 28.9 Å². The van der Waals surface area contributed by atoms with Crippen LogP contribution in [0.1, 0.15) is 10.4 Å². The second-order valence-electron chi connectivity index (χ2n) is 6.65. The van der Waals surface area contributed by atoms with Crippen LogP contribution in [0.25, 0.3) is 32.7 Å². The van der Waals surface area contributed by atoms with Crippen molar-refractivity contribution >= 4 is 44.9 Å². The van der Waals surface area contributed by atoms with Crippen LogP contribution in [0, 0.1) is 0 Å². The van der Waals surface area contributed by atoms with E-state index < -0.39 is 0 Å². The number of nitrogens with one attached hydrogen (secondary N) is 1. The predicted molar refractivity (Wildman–Crippen MR) is 123 cm³/mol. The summed E-state index contributed by atoms with van der Waals surface area (Å²) in [5.74, 6) is -0.282. The molecule has 31 heavy (non-hydrogen) atoms. The molecule has 3 heterocycles. The van der Waals surface area contributed by atoms with E-state index in [0.717, 1.165) is 22.0 Å². The Kier molecular flexibility index (Phi) is 5.11. The number of hydrogen-bond acceptors (Lipinski definition) is 6. The molecule has 0 saturated heterocycles. The summed E-state index contributed by atoms with van der Waals surface area (Å²) in [5, 5.41) is 13.5. The summed E-state index contributed by atoms with van der Waals surface area (Å²) in [5.41, 5.74) is 3.59. The molecule has 5 rings (SSSR count). The van der Waals surface area contributed by atoms with Gasteiger partial charge >= 0.3 is 0 Å². The average Bonchev–Trinajstić information content (AvgIpc) is 3.27. The maximum Gasteiger partial charge on any atom is 0.258 e. The number of rotatable bonds is 4. The lowest BCUT2D eigenvalue weighted by molar-refractivity contribution is 0.102. The molecule has 0 saturated carbocycles. The molecule has 6 nitrogen and oxygen atoms in total. The fourth-order valence-electron chi connectivity index (χ4n) is 3.22. The Bertz CT molecular complexity index is 1400. The van der Waals surface area contributed by atoms with Crippen molar-refractivity contribution in [1.82, 2.24) is 20.2 Å². The van der Waals surface area contributed by atoms with Gasteiger partial charge < -0.3 is 0 Å². The number of aromatic nitrogens is 4. The van der Waals surface area contributed by atoms with Gasteiger partial charge in [-0.2, -0.15) is 0 Å². The van der Waals surface area contributed by atoms with E-state index in [1.54, 1.807) is 24.5 Å². The second-order valence-corrected chi connectivity index (χ2v) is 8.04. The minimum Gasteiger partial charge on any atom is -0.296 e. The minimum atomic E-state index is -0.282. The topological polar surface area (TPSA) is 80.7 Å². The molecular formula is C23H14ClN5OS. The molecule has 0 aliphatic rings. The third-order valence-corrected chi connectivity index (χ3v) is 5.89. The number of carbonyl (C=O) groups is 1. The summed E-state index contributed by atoms with van der Waals surface area (Å²) < 4.78 is 0. The first kappa shape index (κ1) is 19.3. The van der Waals surface area contributed by atoms with Gasteiger partial charge in [-0.1, -0.05) is 59.3 Å². The Morgan fingerprint density at radius 2 is 1.71 bits per heavy atom. The number of benzene rings is 2. The Balaban J connectivity index is 1.51. The third kappa shape index (κ3) is 3.88. The van der Waals surface area contributed by atoms with Crippen LogP contribution in [0.5, 0.6) is 0 Å². The Labute approximate surface area is 186 Å². The highest BCUT2D eigenvalue weighted by molar-refractivity contribution is 7.18. The van der Waals surface area contributed by atoms with Crippen molar-refractivity contribution < 1.29 is 4.79 Å². The Hall–Kier alpha value is -3.68. The summed E-state index contributed by atoms with van der Waals surface area (Å²) in [6.45, 7) is 0. The molecule has 0 bridgehead atoms. The molecule has 5 aromatic rings. The third-order valence-electron chi connectivity index (χ3n) is 4.69. The summed E-state index contributed by atoms with van der Waals surface area (Å²) in [6, 6.07) is 20.4. The van der Waals surface area contributed by atoms with Crippen molar-refractivity contribution in [2.24, 2.45) is 0 Å². The van der Waals surface area contributed by atoms with E-state index in [1.165, 1.54) is 11.3 Å². The SMILES string of the molecule is O=C(Nc1nnc(-c2ccccc2Cl)s1)c1cc(-c2ccncc2)nc2ccccc12. The Morgan fingerprint density at radius 1 is 0.935 bits per heavy atom. The molecular weight excluding hydrogens is 430 g/mol. The molecule has 0 atom stereocenters. The highest BCUT2D eigenvalue weighted by Gasteiger charge is 2.17. The zero-order valence-corrected chi connectivity index (χ0v) is 17.6. The quantitative estimate of drug-likeness (QED) is 0.384. The molecule has 0 spiro atoms. The first-order valence-corrected chi connectivity index (χ1v) is 10.6. The fraction of sp³-hybridized carbons (Fsp3) is 0. The van der Waals surface area contributed by atoms with Crippen molar-refractivity contribution in [3.05, 3.63) is 89.7 Å². The number of carbonyl (C=O) groups excluding carboxylic acids is 1. The van der Waals surface area contributed by atoms with Gasteiger partial charge in [0.1, 0.15) is 0 Å². The normalized spacial score (nSPS) is 10.9. The molecule has 3 aromatic heterocycles. The molecule has 0 aliphatic heterocycles. The van der Waals surface area contributed by atoms with Gasteiger partial charge in [-0.05, 0) is 30.3 Å². The van der Waals surface area contributed by atoms with Gasteiger partial charge in [0.05, 0.1) is 21.8 Å². The van der Waals surface area contributed by atoms with E-state index in [1.807, 2.05) is 54.6 Å². The number of pyridine rings is 2. The van der Waals surface area contributed by atoms with Gasteiger partial charge in [0.25, 0.3) is 5.91 Å². The minimum absolute atomic E-state index is 0.282. The van der Waals surface area contributed by atoms with Crippen molar-refractivity contribution in [2.45, 2.75) is 0 Å². The number of nitrogens with zero attached hydrogens (tertiary/aromatic N) is 4. The monoisotopic (exact) mass is 443 g/mol. The molecule has 1 amide bonds. The lowest BCUT2D eigenvalue weighted by Crippen LogP contribution is -2.13. The number of para-hydroxylation sites is 1. The van der Waals surface area contributed by atoms with Crippen LogP contribution < -0.4 is 5.32 Å². The number of amides is 1. The molecule has 150 valence electrons. The van der Waals surface area contributed by atoms with Crippen LogP contribution in [0.15, 0.2) is 79.1 Å². The van der Waals surface area contributed by atoms with Gasteiger partial charge in [-0.15, -0.1) is 10.2 Å². The number of anilines is 1. The number of hydrogen-bond donors (Lipinski definition) is 1. The zero-order valence-electron chi connectivity index (χ0n) is 16.0. The van der Waals surface area contributed by atoms with Crippen molar-refractivity contribution in [3.8, 4) is 21.8 Å². The van der Waals surface area contributed by atoms with Crippen LogP contribution in [0.3, 0.4) is 0 Å². The van der Waals surface area contributed by atoms with Gasteiger partial charge in [0.2, 0.25) is 5.13 Å². The molecule has 0 aliphatic carbocycles. The largest absolute Gasteiger partial charge is 0.296 e. The summed E-state index contributed by atoms with van der Waals surface area (Å²) in [4.78, 5) is 21.9. The van der Waals surface area contributed by atoms with Crippen LogP contribution in [0.2, 0.25) is 5.02 Å². The number of halogens is 1. The molecule has 0 radical (unpaired) electrons. The highest BCUT2D eigenvalue weighted by Crippen LogP contribution is 2.32. The summed E-state index contributed by atoms with van der Waals surface area (Å²) >= 11 is 7.52. The average molecular weight is 444 g/mol. The highest BCUT2D eigenvalue weighted by atomic mass is 35.5. The standard InChI is InChI=1S/C23H14ClN5OS/c24-18-7-3-1-6-16(18)22-28-29-23(31-22)27-21(30)17-13-20(14-9-11-25-12-10-14)26-19-8-4-2-5-15(17)19/h1-13H,(H,27,29,30). The summed E-state index contributed by atoms with van der Waals surface area (Å²) in [6.07, 6.45) is 3.40. The van der Waals surface area contributed by atoms with E-state index in [2.05, 4.69) is 20.5 Å². The Morgan fingerprint density at radius 3 is 2.55 bits per heavy atom. The zero-order chi connectivity index (χ0) is 21.2. The molecule has 1 N–H and O–H groups in total. The molecule has 8 heteroatoms. The smallest absolute Gasteiger partial charge is 0.258 e. The van der Waals surface area contributed by atoms with Crippen LogP contribution in [-0.4, -0.2) is 26.1 Å². The van der Waals surface area contributed by atoms with E-state index >= 15 is 0 Å². The van der Waals surface area contributed by atoms with E-state index in [9.17, 15) is 4.79 Å². The van der Waals surface area contributed by atoms with Crippen LogP contribution in [0.4, 0.5) is 5.13 Å². The van der Waals surface area contributed by atoms with Crippen molar-refractivity contribution in [3.63, 3.8) is 0 Å². The number of fused-ring (bicyclic) bond motifs is 1. The molecule has 2 aromatic carbocycles. The fourth-order valence-corrected chi connectivity index (χ4v) is 4.27. The van der Waals surface area contributed by atoms with Crippen LogP contribution >= 0.6 is 22.9 Å². The van der Waals surface area contributed by atoms with E-state index in [4.69, 9.17) is 16.6 Å². The first-order chi connectivity index (χ1) is 15.2. The van der Waals surface area contributed by atoms with E-state index in [-0.39, 0.29) is 5.91 Å². The van der Waals surface area contributed by atoms with Crippen molar-refractivity contribution in [2.75, 3.05) is 5.32 Å². The molecule has 0 fully saturated rings. The lowest BCUT2D eigenvalue weighted by Gasteiger charge is -2.09. The summed E-state index contributed by atoms with van der Waals surface area (Å²) in [7, 11) is 0. The lowest BCUT2D eigenvalue weighted by atomic mass is 10.0. The maximum absolute atomic E-state index is 13.2. The molecule has 0 unspecified atom stereocenters. The van der Waals surface area contributed by atoms with Gasteiger partial charge in [-0.25, -0.2) is 4.98 Å². The predicted octanol–water partition coefficient (Wildman–Crippen LogP) is 5.72. The maximum atomic E-state index is 13.2. The van der Waals surface area contributed by atoms with Crippen LogP contribution in [-0.2, 0) is 0 Å². The van der Waals surface area contributed by atoms with Gasteiger partial charge in [0.15, 0.2) is 5.01 Å². The van der Waals surface area contributed by atoms with E-state index in [0.29, 0.717) is 26.4 Å². The van der Waals surface area contributed by atoms with Gasteiger partial charge in [-0.3, -0.25) is 15.1 Å². The second kappa shape index (κ2) is 8.22. The first-order valence-electron chi connectivity index (χ1n) is 9.39.